The highest BCUT2D eigenvalue weighted by Gasteiger charge is 2.40. The predicted molar refractivity (Wildman–Crippen MR) is 76.5 cm³/mol. The fraction of sp³-hybridized carbons (Fsp3) is 0.867. The van der Waals surface area contributed by atoms with Crippen LogP contribution in [0.3, 0.4) is 0 Å². The second-order valence-electron chi connectivity index (χ2n) is 6.71. The molecule has 0 bridgehead atoms. The molecular weight excluding hydrogens is 258 g/mol. The van der Waals surface area contributed by atoms with Gasteiger partial charge in [0.25, 0.3) is 0 Å². The van der Waals surface area contributed by atoms with Crippen molar-refractivity contribution >= 4 is 11.9 Å². The monoisotopic (exact) mass is 285 g/mol. The van der Waals surface area contributed by atoms with Crippen molar-refractivity contribution in [3.63, 3.8) is 0 Å². The molecule has 0 heterocycles. The molecule has 0 radical (unpaired) electrons. The molecule has 0 unspecified atom stereocenters. The van der Waals surface area contributed by atoms with Gasteiger partial charge in [-0.2, -0.15) is 0 Å². The zero-order chi connectivity index (χ0) is 15.4. The molecule has 1 amide bonds. The summed E-state index contributed by atoms with van der Waals surface area (Å²) in [4.78, 5) is 25.0. The Balaban J connectivity index is 2.74. The van der Waals surface area contributed by atoms with Crippen LogP contribution in [0.25, 0.3) is 0 Å². The third-order valence-corrected chi connectivity index (χ3v) is 3.98. The molecule has 1 saturated carbocycles. The number of rotatable bonds is 5. The lowest BCUT2D eigenvalue weighted by Crippen LogP contribution is -2.53. The van der Waals surface area contributed by atoms with Gasteiger partial charge in [-0.1, -0.05) is 19.3 Å². The normalized spacial score (nSPS) is 18.6. The van der Waals surface area contributed by atoms with Crippen LogP contribution < -0.4 is 0 Å². The van der Waals surface area contributed by atoms with Gasteiger partial charge >= 0.3 is 5.97 Å². The molecule has 0 aliphatic heterocycles. The van der Waals surface area contributed by atoms with E-state index in [1.54, 1.807) is 11.9 Å². The van der Waals surface area contributed by atoms with Gasteiger partial charge in [0.1, 0.15) is 6.61 Å². The lowest BCUT2D eigenvalue weighted by atomic mass is 9.78. The number of likely N-dealkylation sites (N-methyl/N-ethyl adjacent to an activating group) is 1. The first-order chi connectivity index (χ1) is 9.16. The standard InChI is InChI=1S/C15H27NO4/c1-14(2,3)20-11-12(17)16(4)15(10-13(18)19)8-6-5-7-9-15/h5-11H2,1-4H3,(H,18,19). The number of nitrogens with zero attached hydrogens (tertiary/aromatic N) is 1. The summed E-state index contributed by atoms with van der Waals surface area (Å²) < 4.78 is 5.51. The number of hydrogen-bond donors (Lipinski definition) is 1. The van der Waals surface area contributed by atoms with Crippen molar-refractivity contribution in [2.24, 2.45) is 0 Å². The number of carbonyl (C=O) groups excluding carboxylic acids is 1. The van der Waals surface area contributed by atoms with E-state index in [1.165, 1.54) is 0 Å². The number of amides is 1. The van der Waals surface area contributed by atoms with Crippen molar-refractivity contribution in [3.05, 3.63) is 0 Å². The minimum Gasteiger partial charge on any atom is -0.481 e. The quantitative estimate of drug-likeness (QED) is 0.842. The Morgan fingerprint density at radius 1 is 1.20 bits per heavy atom. The average molecular weight is 285 g/mol. The summed E-state index contributed by atoms with van der Waals surface area (Å²) in [6, 6.07) is 0. The molecule has 0 saturated heterocycles. The van der Waals surface area contributed by atoms with Crippen molar-refractivity contribution in [3.8, 4) is 0 Å². The van der Waals surface area contributed by atoms with Gasteiger partial charge in [0, 0.05) is 7.05 Å². The summed E-state index contributed by atoms with van der Waals surface area (Å²) in [6.45, 7) is 5.69. The topological polar surface area (TPSA) is 66.8 Å². The molecule has 1 fully saturated rings. The molecule has 1 aliphatic carbocycles. The summed E-state index contributed by atoms with van der Waals surface area (Å²) in [5.41, 5.74) is -0.911. The minimum atomic E-state index is -0.844. The first-order valence-electron chi connectivity index (χ1n) is 7.29. The minimum absolute atomic E-state index is 0.00136. The summed E-state index contributed by atoms with van der Waals surface area (Å²) in [5, 5.41) is 9.15. The first-order valence-corrected chi connectivity index (χ1v) is 7.29. The van der Waals surface area contributed by atoms with Crippen LogP contribution in [0.2, 0.25) is 0 Å². The predicted octanol–water partition coefficient (Wildman–Crippen LogP) is 2.44. The Hall–Kier alpha value is -1.10. The van der Waals surface area contributed by atoms with Crippen molar-refractivity contribution in [1.82, 2.24) is 4.90 Å². The fourth-order valence-corrected chi connectivity index (χ4v) is 2.76. The molecule has 1 N–H and O–H groups in total. The highest BCUT2D eigenvalue weighted by molar-refractivity contribution is 5.79. The summed E-state index contributed by atoms with van der Waals surface area (Å²) >= 11 is 0. The summed E-state index contributed by atoms with van der Waals surface area (Å²) in [6.07, 6.45) is 4.61. The molecule has 20 heavy (non-hydrogen) atoms. The first kappa shape index (κ1) is 17.0. The molecule has 0 atom stereocenters. The molecule has 0 aromatic carbocycles. The van der Waals surface area contributed by atoms with E-state index in [1.807, 2.05) is 20.8 Å². The van der Waals surface area contributed by atoms with Gasteiger partial charge in [-0.05, 0) is 33.6 Å². The van der Waals surface area contributed by atoms with Crippen molar-refractivity contribution in [2.45, 2.75) is 70.4 Å². The Bertz CT molecular complexity index is 353. The molecular formula is C15H27NO4. The molecule has 1 rings (SSSR count). The van der Waals surface area contributed by atoms with Gasteiger partial charge < -0.3 is 14.7 Å². The average Bonchev–Trinajstić information content (AvgIpc) is 2.34. The van der Waals surface area contributed by atoms with E-state index < -0.39 is 11.5 Å². The van der Waals surface area contributed by atoms with Gasteiger partial charge in [0.15, 0.2) is 0 Å². The highest BCUT2D eigenvalue weighted by Crippen LogP contribution is 2.36. The largest absolute Gasteiger partial charge is 0.481 e. The van der Waals surface area contributed by atoms with E-state index in [4.69, 9.17) is 9.84 Å². The third-order valence-electron chi connectivity index (χ3n) is 3.98. The molecule has 0 spiro atoms. The number of carboxylic acids is 1. The van der Waals surface area contributed by atoms with E-state index in [2.05, 4.69) is 0 Å². The number of carboxylic acid groups (broad SMARTS) is 1. The highest BCUT2D eigenvalue weighted by atomic mass is 16.5. The smallest absolute Gasteiger partial charge is 0.305 e. The lowest BCUT2D eigenvalue weighted by Gasteiger charge is -2.44. The third kappa shape index (κ3) is 4.78. The van der Waals surface area contributed by atoms with E-state index >= 15 is 0 Å². The maximum absolute atomic E-state index is 12.3. The van der Waals surface area contributed by atoms with Crippen LogP contribution >= 0.6 is 0 Å². The number of carbonyl (C=O) groups is 2. The molecule has 5 nitrogen and oxygen atoms in total. The van der Waals surface area contributed by atoms with Crippen molar-refractivity contribution in [2.75, 3.05) is 13.7 Å². The number of hydrogen-bond acceptors (Lipinski definition) is 3. The van der Waals surface area contributed by atoms with E-state index in [-0.39, 0.29) is 24.5 Å². The van der Waals surface area contributed by atoms with Gasteiger partial charge in [-0.3, -0.25) is 9.59 Å². The van der Waals surface area contributed by atoms with E-state index in [9.17, 15) is 9.59 Å². The zero-order valence-corrected chi connectivity index (χ0v) is 13.1. The van der Waals surface area contributed by atoms with Crippen LogP contribution in [0.15, 0.2) is 0 Å². The van der Waals surface area contributed by atoms with Crippen LogP contribution in [-0.2, 0) is 14.3 Å². The molecule has 5 heteroatoms. The molecule has 0 aromatic rings. The SMILES string of the molecule is CN(C(=O)COC(C)(C)C)C1(CC(=O)O)CCCCC1. The van der Waals surface area contributed by atoms with Crippen LogP contribution in [0, 0.1) is 0 Å². The Morgan fingerprint density at radius 2 is 1.75 bits per heavy atom. The Kier molecular flexibility index (Phi) is 5.57. The number of aliphatic carboxylic acids is 1. The van der Waals surface area contributed by atoms with Gasteiger partial charge in [0.05, 0.1) is 17.6 Å². The summed E-state index contributed by atoms with van der Waals surface area (Å²) in [7, 11) is 1.71. The fourth-order valence-electron chi connectivity index (χ4n) is 2.76. The van der Waals surface area contributed by atoms with E-state index in [0.717, 1.165) is 32.1 Å². The van der Waals surface area contributed by atoms with E-state index in [0.29, 0.717) is 0 Å². The van der Waals surface area contributed by atoms with Gasteiger partial charge in [-0.25, -0.2) is 0 Å². The van der Waals surface area contributed by atoms with Crippen LogP contribution in [0.5, 0.6) is 0 Å². The lowest BCUT2D eigenvalue weighted by molar-refractivity contribution is -0.151. The van der Waals surface area contributed by atoms with Crippen molar-refractivity contribution in [1.29, 1.82) is 0 Å². The second-order valence-corrected chi connectivity index (χ2v) is 6.71. The van der Waals surface area contributed by atoms with Gasteiger partial charge in [-0.15, -0.1) is 0 Å². The molecule has 0 aromatic heterocycles. The van der Waals surface area contributed by atoms with Crippen LogP contribution in [-0.4, -0.2) is 46.7 Å². The molecule has 116 valence electrons. The van der Waals surface area contributed by atoms with Crippen LogP contribution in [0.1, 0.15) is 59.3 Å². The Labute approximate surface area is 121 Å². The maximum atomic E-state index is 12.3. The van der Waals surface area contributed by atoms with Crippen LogP contribution in [0.4, 0.5) is 0 Å². The molecule has 1 aliphatic rings. The Morgan fingerprint density at radius 3 is 2.20 bits per heavy atom. The zero-order valence-electron chi connectivity index (χ0n) is 13.1. The number of ether oxygens (including phenoxy) is 1. The van der Waals surface area contributed by atoms with Gasteiger partial charge in [0.2, 0.25) is 5.91 Å². The second kappa shape index (κ2) is 6.57. The maximum Gasteiger partial charge on any atom is 0.305 e. The summed E-state index contributed by atoms with van der Waals surface area (Å²) in [5.74, 6) is -0.980. The van der Waals surface area contributed by atoms with Crippen molar-refractivity contribution < 1.29 is 19.4 Å².